The van der Waals surface area contributed by atoms with Crippen LogP contribution in [0.5, 0.6) is 11.5 Å². The Hall–Kier alpha value is -3.49. The first-order chi connectivity index (χ1) is 16.2. The maximum Gasteiger partial charge on any atom is 0.234 e. The van der Waals surface area contributed by atoms with Crippen LogP contribution in [0.1, 0.15) is 5.56 Å². The molecule has 33 heavy (non-hydrogen) atoms. The zero-order chi connectivity index (χ0) is 22.6. The number of carbonyl (C=O) groups excluding carboxylic acids is 1. The van der Waals surface area contributed by atoms with Crippen molar-refractivity contribution in [2.45, 2.75) is 11.7 Å². The maximum atomic E-state index is 12.5. The highest BCUT2D eigenvalue weighted by atomic mass is 35.5. The molecule has 0 unspecified atom stereocenters. The highest BCUT2D eigenvalue weighted by Gasteiger charge is 2.18. The third-order valence-electron chi connectivity index (χ3n) is 5.01. The van der Waals surface area contributed by atoms with Crippen molar-refractivity contribution in [3.63, 3.8) is 0 Å². The Morgan fingerprint density at radius 1 is 1.00 bits per heavy atom. The Morgan fingerprint density at radius 2 is 1.79 bits per heavy atom. The summed E-state index contributed by atoms with van der Waals surface area (Å²) in [6, 6.07) is 22.8. The predicted octanol–water partition coefficient (Wildman–Crippen LogP) is 5.11. The molecule has 7 nitrogen and oxygen atoms in total. The van der Waals surface area contributed by atoms with Crippen molar-refractivity contribution in [2.75, 3.05) is 17.9 Å². The number of para-hydroxylation sites is 1. The molecule has 2 heterocycles. The first-order valence-corrected chi connectivity index (χ1v) is 11.6. The summed E-state index contributed by atoms with van der Waals surface area (Å²) in [6.07, 6.45) is 0. The van der Waals surface area contributed by atoms with Crippen LogP contribution in [-0.2, 0) is 11.3 Å². The molecule has 5 rings (SSSR count). The quantitative estimate of drug-likeness (QED) is 0.372. The van der Waals surface area contributed by atoms with Gasteiger partial charge in [0.2, 0.25) is 12.7 Å². The van der Waals surface area contributed by atoms with Crippen molar-refractivity contribution in [3.8, 4) is 22.9 Å². The van der Waals surface area contributed by atoms with E-state index in [1.54, 1.807) is 12.1 Å². The monoisotopic (exact) mass is 478 g/mol. The summed E-state index contributed by atoms with van der Waals surface area (Å²) in [5.41, 5.74) is 2.54. The van der Waals surface area contributed by atoms with Crippen molar-refractivity contribution in [1.29, 1.82) is 0 Å². The lowest BCUT2D eigenvalue weighted by Gasteiger charge is -2.11. The SMILES string of the molecule is O=C(CSc1nnc(-c2ccccc2)n1Cc1ccc2c(c1)OCO2)Nc1ccccc1Cl. The molecule has 1 N–H and O–H groups in total. The first-order valence-electron chi connectivity index (χ1n) is 10.2. The van der Waals surface area contributed by atoms with Crippen LogP contribution < -0.4 is 14.8 Å². The van der Waals surface area contributed by atoms with Crippen LogP contribution in [0.15, 0.2) is 78.0 Å². The minimum absolute atomic E-state index is 0.166. The van der Waals surface area contributed by atoms with E-state index >= 15 is 0 Å². The Kier molecular flexibility index (Phi) is 6.19. The molecular weight excluding hydrogens is 460 g/mol. The van der Waals surface area contributed by atoms with Gasteiger partial charge in [0.15, 0.2) is 22.5 Å². The summed E-state index contributed by atoms with van der Waals surface area (Å²) in [6.45, 7) is 0.741. The molecule has 1 amide bonds. The van der Waals surface area contributed by atoms with Gasteiger partial charge in [-0.3, -0.25) is 9.36 Å². The van der Waals surface area contributed by atoms with Crippen LogP contribution in [0.3, 0.4) is 0 Å². The van der Waals surface area contributed by atoms with Crippen LogP contribution in [0.4, 0.5) is 5.69 Å². The molecule has 9 heteroatoms. The van der Waals surface area contributed by atoms with Crippen molar-refractivity contribution in [3.05, 3.63) is 83.4 Å². The van der Waals surface area contributed by atoms with Crippen LogP contribution in [0.25, 0.3) is 11.4 Å². The molecule has 0 aliphatic carbocycles. The van der Waals surface area contributed by atoms with Crippen molar-refractivity contribution in [1.82, 2.24) is 14.8 Å². The zero-order valence-corrected chi connectivity index (χ0v) is 19.0. The van der Waals surface area contributed by atoms with Gasteiger partial charge in [-0.15, -0.1) is 10.2 Å². The Bertz CT molecular complexity index is 1300. The van der Waals surface area contributed by atoms with Crippen LogP contribution in [-0.4, -0.2) is 33.2 Å². The molecule has 3 aromatic carbocycles. The standard InChI is InChI=1S/C24H19ClN4O3S/c25-18-8-4-5-9-19(18)26-22(30)14-33-24-28-27-23(17-6-2-1-3-7-17)29(24)13-16-10-11-20-21(12-16)32-15-31-20/h1-12H,13-15H2,(H,26,30). The lowest BCUT2D eigenvalue weighted by molar-refractivity contribution is -0.113. The van der Waals surface area contributed by atoms with Gasteiger partial charge < -0.3 is 14.8 Å². The van der Waals surface area contributed by atoms with Crippen LogP contribution >= 0.6 is 23.4 Å². The molecule has 0 saturated carbocycles. The number of nitrogens with one attached hydrogen (secondary N) is 1. The van der Waals surface area contributed by atoms with E-state index in [0.717, 1.165) is 28.5 Å². The van der Waals surface area contributed by atoms with E-state index in [1.165, 1.54) is 11.8 Å². The number of ether oxygens (including phenoxy) is 2. The predicted molar refractivity (Wildman–Crippen MR) is 128 cm³/mol. The number of hydrogen-bond acceptors (Lipinski definition) is 6. The summed E-state index contributed by atoms with van der Waals surface area (Å²) >= 11 is 7.46. The second-order valence-corrected chi connectivity index (χ2v) is 8.61. The number of benzene rings is 3. The molecule has 0 saturated heterocycles. The normalized spacial score (nSPS) is 12.0. The average Bonchev–Trinajstić information content (AvgIpc) is 3.46. The van der Waals surface area contributed by atoms with Gasteiger partial charge in [-0.05, 0) is 29.8 Å². The molecule has 0 spiro atoms. The highest BCUT2D eigenvalue weighted by Crippen LogP contribution is 2.34. The van der Waals surface area contributed by atoms with E-state index < -0.39 is 0 Å². The van der Waals surface area contributed by atoms with Crippen molar-refractivity contribution < 1.29 is 14.3 Å². The summed E-state index contributed by atoms with van der Waals surface area (Å²) in [5, 5.41) is 12.8. The van der Waals surface area contributed by atoms with Gasteiger partial charge in [-0.25, -0.2) is 0 Å². The maximum absolute atomic E-state index is 12.5. The molecule has 0 fully saturated rings. The van der Waals surface area contributed by atoms with Gasteiger partial charge in [-0.2, -0.15) is 0 Å². The summed E-state index contributed by atoms with van der Waals surface area (Å²) < 4.78 is 12.9. The molecule has 1 aromatic heterocycles. The highest BCUT2D eigenvalue weighted by molar-refractivity contribution is 7.99. The minimum Gasteiger partial charge on any atom is -0.454 e. The molecule has 0 radical (unpaired) electrons. The summed E-state index contributed by atoms with van der Waals surface area (Å²) in [7, 11) is 0. The van der Waals surface area contributed by atoms with Gasteiger partial charge in [0, 0.05) is 5.56 Å². The number of anilines is 1. The number of carbonyl (C=O) groups is 1. The topological polar surface area (TPSA) is 78.3 Å². The minimum atomic E-state index is -0.174. The van der Waals surface area contributed by atoms with Crippen LogP contribution in [0.2, 0.25) is 5.02 Å². The molecule has 0 bridgehead atoms. The van der Waals surface area contributed by atoms with Crippen LogP contribution in [0, 0.1) is 0 Å². The third kappa shape index (κ3) is 4.81. The smallest absolute Gasteiger partial charge is 0.234 e. The number of halogens is 1. The third-order valence-corrected chi connectivity index (χ3v) is 6.30. The summed E-state index contributed by atoms with van der Waals surface area (Å²) in [4.78, 5) is 12.5. The fourth-order valence-corrected chi connectivity index (χ4v) is 4.36. The molecule has 166 valence electrons. The fourth-order valence-electron chi connectivity index (χ4n) is 3.44. The first kappa shape index (κ1) is 21.4. The number of nitrogens with zero attached hydrogens (tertiary/aromatic N) is 3. The zero-order valence-electron chi connectivity index (χ0n) is 17.4. The van der Waals surface area contributed by atoms with E-state index in [-0.39, 0.29) is 18.5 Å². The number of rotatable bonds is 7. The Labute approximate surface area is 199 Å². The second-order valence-electron chi connectivity index (χ2n) is 7.26. The van der Waals surface area contributed by atoms with Gasteiger partial charge in [0.1, 0.15) is 0 Å². The lowest BCUT2D eigenvalue weighted by Crippen LogP contribution is -2.15. The van der Waals surface area contributed by atoms with Gasteiger partial charge in [0.25, 0.3) is 0 Å². The molecule has 4 aromatic rings. The van der Waals surface area contributed by atoms with Crippen molar-refractivity contribution in [2.24, 2.45) is 0 Å². The van der Waals surface area contributed by atoms with E-state index in [4.69, 9.17) is 21.1 Å². The average molecular weight is 479 g/mol. The molecule has 1 aliphatic rings. The molecule has 1 aliphatic heterocycles. The van der Waals surface area contributed by atoms with E-state index in [9.17, 15) is 4.79 Å². The molecular formula is C24H19ClN4O3S. The van der Waals surface area contributed by atoms with E-state index in [2.05, 4.69) is 15.5 Å². The lowest BCUT2D eigenvalue weighted by atomic mass is 10.2. The van der Waals surface area contributed by atoms with Gasteiger partial charge in [0.05, 0.1) is 23.0 Å². The van der Waals surface area contributed by atoms with E-state index in [0.29, 0.717) is 22.4 Å². The number of fused-ring (bicyclic) bond motifs is 1. The number of thioether (sulfide) groups is 1. The largest absolute Gasteiger partial charge is 0.454 e. The van der Waals surface area contributed by atoms with Gasteiger partial charge in [-0.1, -0.05) is 71.9 Å². The van der Waals surface area contributed by atoms with Crippen molar-refractivity contribution >= 4 is 35.0 Å². The molecule has 0 atom stereocenters. The fraction of sp³-hybridized carbons (Fsp3) is 0.125. The summed E-state index contributed by atoms with van der Waals surface area (Å²) in [5.74, 6) is 2.17. The Balaban J connectivity index is 1.38. The number of hydrogen-bond donors (Lipinski definition) is 1. The number of amides is 1. The second kappa shape index (κ2) is 9.56. The Morgan fingerprint density at radius 3 is 2.64 bits per heavy atom. The number of aromatic nitrogens is 3. The van der Waals surface area contributed by atoms with Gasteiger partial charge >= 0.3 is 0 Å². The van der Waals surface area contributed by atoms with E-state index in [1.807, 2.05) is 65.2 Å².